The third-order valence-electron chi connectivity index (χ3n) is 1.82. The molecule has 16 heavy (non-hydrogen) atoms. The molecule has 0 fully saturated rings. The maximum absolute atomic E-state index is 13.5. The van der Waals surface area contributed by atoms with E-state index in [2.05, 4.69) is 18.3 Å². The fraction of sp³-hybridized carbons (Fsp3) is 0.200. The number of hydrogen-bond acceptors (Lipinski definition) is 2. The van der Waals surface area contributed by atoms with Gasteiger partial charge >= 0.3 is 5.97 Å². The van der Waals surface area contributed by atoms with Crippen molar-refractivity contribution in [2.75, 3.05) is 0 Å². The standard InChI is InChI=1S/C10H11FN2O2.ClH/c1-3-5-7-8(10(14)15)9(11)13(12-7)6-4-2;/h3-4H,1-2,5-6H2,(H,14,15);1H. The third-order valence-corrected chi connectivity index (χ3v) is 1.82. The molecular weight excluding hydrogens is 235 g/mol. The number of aromatic nitrogens is 2. The number of allylic oxidation sites excluding steroid dienone is 2. The molecule has 0 aliphatic heterocycles. The smallest absolute Gasteiger partial charge is 0.342 e. The lowest BCUT2D eigenvalue weighted by molar-refractivity contribution is 0.0690. The normalized spacial score (nSPS) is 9.31. The Labute approximate surface area is 98.5 Å². The first-order chi connectivity index (χ1) is 7.11. The molecule has 0 bridgehead atoms. The van der Waals surface area contributed by atoms with Crippen LogP contribution in [0.25, 0.3) is 0 Å². The van der Waals surface area contributed by atoms with E-state index in [9.17, 15) is 9.18 Å². The van der Waals surface area contributed by atoms with Crippen LogP contribution < -0.4 is 0 Å². The van der Waals surface area contributed by atoms with Crippen molar-refractivity contribution in [2.24, 2.45) is 0 Å². The Bertz CT molecular complexity index is 415. The second-order valence-electron chi connectivity index (χ2n) is 2.88. The summed E-state index contributed by atoms with van der Waals surface area (Å²) < 4.78 is 14.5. The predicted molar refractivity (Wildman–Crippen MR) is 60.5 cm³/mol. The van der Waals surface area contributed by atoms with E-state index in [-0.39, 0.29) is 31.1 Å². The van der Waals surface area contributed by atoms with Gasteiger partial charge in [-0.15, -0.1) is 25.6 Å². The number of carboxylic acids is 1. The van der Waals surface area contributed by atoms with Crippen LogP contribution >= 0.6 is 12.4 Å². The van der Waals surface area contributed by atoms with Crippen LogP contribution in [0.4, 0.5) is 4.39 Å². The van der Waals surface area contributed by atoms with Gasteiger partial charge in [0.1, 0.15) is 5.56 Å². The summed E-state index contributed by atoms with van der Waals surface area (Å²) in [5, 5.41) is 12.6. The number of halogens is 2. The first-order valence-corrected chi connectivity index (χ1v) is 4.32. The fourth-order valence-electron chi connectivity index (χ4n) is 1.22. The molecular formula is C10H12ClFN2O2. The maximum Gasteiger partial charge on any atom is 0.342 e. The molecule has 4 nitrogen and oxygen atoms in total. The Balaban J connectivity index is 0.00000225. The molecule has 1 rings (SSSR count). The number of aromatic carboxylic acids is 1. The lowest BCUT2D eigenvalue weighted by atomic mass is 10.2. The van der Waals surface area contributed by atoms with Gasteiger partial charge in [-0.3, -0.25) is 0 Å². The SMILES string of the molecule is C=CCc1nn(CC=C)c(F)c1C(=O)O.Cl. The summed E-state index contributed by atoms with van der Waals surface area (Å²) in [6, 6.07) is 0. The summed E-state index contributed by atoms with van der Waals surface area (Å²) in [5.74, 6) is -2.17. The molecule has 0 saturated carbocycles. The second kappa shape index (κ2) is 6.07. The van der Waals surface area contributed by atoms with Crippen LogP contribution in [0.2, 0.25) is 0 Å². The van der Waals surface area contributed by atoms with Crippen LogP contribution in [0.15, 0.2) is 25.3 Å². The van der Waals surface area contributed by atoms with Crippen molar-refractivity contribution in [3.63, 3.8) is 0 Å². The van der Waals surface area contributed by atoms with Crippen molar-refractivity contribution < 1.29 is 14.3 Å². The highest BCUT2D eigenvalue weighted by Crippen LogP contribution is 2.14. The van der Waals surface area contributed by atoms with E-state index in [0.29, 0.717) is 0 Å². The number of hydrogen-bond donors (Lipinski definition) is 1. The number of carboxylic acid groups (broad SMARTS) is 1. The first kappa shape index (κ1) is 14.4. The van der Waals surface area contributed by atoms with Crippen LogP contribution in [0.3, 0.4) is 0 Å². The van der Waals surface area contributed by atoms with E-state index in [4.69, 9.17) is 5.11 Å². The van der Waals surface area contributed by atoms with Gasteiger partial charge in [-0.05, 0) is 0 Å². The van der Waals surface area contributed by atoms with Crippen molar-refractivity contribution >= 4 is 18.4 Å². The Morgan fingerprint density at radius 1 is 1.50 bits per heavy atom. The first-order valence-electron chi connectivity index (χ1n) is 4.32. The second-order valence-corrected chi connectivity index (χ2v) is 2.88. The summed E-state index contributed by atoms with van der Waals surface area (Å²) >= 11 is 0. The van der Waals surface area contributed by atoms with Gasteiger partial charge in [0.25, 0.3) is 0 Å². The van der Waals surface area contributed by atoms with Gasteiger partial charge in [-0.25, -0.2) is 9.48 Å². The zero-order valence-corrected chi connectivity index (χ0v) is 9.34. The molecule has 0 aromatic carbocycles. The summed E-state index contributed by atoms with van der Waals surface area (Å²) in [6.07, 6.45) is 3.15. The molecule has 0 radical (unpaired) electrons. The minimum absolute atomic E-state index is 0. The lowest BCUT2D eigenvalue weighted by Gasteiger charge is -1.94. The van der Waals surface area contributed by atoms with Crippen LogP contribution in [0.1, 0.15) is 16.1 Å². The zero-order valence-electron chi connectivity index (χ0n) is 8.52. The molecule has 6 heteroatoms. The van der Waals surface area contributed by atoms with E-state index in [1.54, 1.807) is 0 Å². The van der Waals surface area contributed by atoms with Crippen molar-refractivity contribution in [1.29, 1.82) is 0 Å². The van der Waals surface area contributed by atoms with Gasteiger partial charge in [0.05, 0.1) is 12.2 Å². The quantitative estimate of drug-likeness (QED) is 0.809. The van der Waals surface area contributed by atoms with Crippen molar-refractivity contribution in [2.45, 2.75) is 13.0 Å². The molecule has 0 atom stereocenters. The number of rotatable bonds is 5. The molecule has 0 aliphatic carbocycles. The summed E-state index contributed by atoms with van der Waals surface area (Å²) in [4.78, 5) is 10.8. The van der Waals surface area contributed by atoms with E-state index in [0.717, 1.165) is 4.68 Å². The number of nitrogens with zero attached hydrogens (tertiary/aromatic N) is 2. The summed E-state index contributed by atoms with van der Waals surface area (Å²) in [6.45, 7) is 7.03. The van der Waals surface area contributed by atoms with Gasteiger partial charge in [-0.1, -0.05) is 12.2 Å². The van der Waals surface area contributed by atoms with Crippen LogP contribution in [-0.4, -0.2) is 20.9 Å². The highest BCUT2D eigenvalue weighted by atomic mass is 35.5. The molecule has 0 saturated heterocycles. The Kier molecular flexibility index (Phi) is 5.46. The van der Waals surface area contributed by atoms with Crippen molar-refractivity contribution in [3.8, 4) is 0 Å². The minimum Gasteiger partial charge on any atom is -0.477 e. The largest absolute Gasteiger partial charge is 0.477 e. The average molecular weight is 247 g/mol. The molecule has 1 heterocycles. The molecule has 88 valence electrons. The predicted octanol–water partition coefficient (Wildman–Crippen LogP) is 2.06. The maximum atomic E-state index is 13.5. The molecule has 0 aliphatic rings. The van der Waals surface area contributed by atoms with E-state index in [1.807, 2.05) is 0 Å². The van der Waals surface area contributed by atoms with Crippen LogP contribution in [0.5, 0.6) is 0 Å². The van der Waals surface area contributed by atoms with E-state index in [1.165, 1.54) is 12.2 Å². The molecule has 0 amide bonds. The number of carbonyl (C=O) groups is 1. The molecule has 1 aromatic heterocycles. The van der Waals surface area contributed by atoms with E-state index >= 15 is 0 Å². The summed E-state index contributed by atoms with van der Waals surface area (Å²) in [7, 11) is 0. The Morgan fingerprint density at radius 3 is 2.56 bits per heavy atom. The van der Waals surface area contributed by atoms with Gasteiger partial charge < -0.3 is 5.11 Å². The van der Waals surface area contributed by atoms with Gasteiger partial charge in [-0.2, -0.15) is 9.49 Å². The van der Waals surface area contributed by atoms with E-state index < -0.39 is 17.5 Å². The lowest BCUT2D eigenvalue weighted by Crippen LogP contribution is -2.04. The fourth-order valence-corrected chi connectivity index (χ4v) is 1.22. The topological polar surface area (TPSA) is 55.1 Å². The molecule has 1 aromatic rings. The Morgan fingerprint density at radius 2 is 2.12 bits per heavy atom. The summed E-state index contributed by atoms with van der Waals surface area (Å²) in [5.41, 5.74) is -0.214. The Hall–Kier alpha value is -1.62. The van der Waals surface area contributed by atoms with Crippen LogP contribution in [0, 0.1) is 5.95 Å². The minimum atomic E-state index is -1.32. The van der Waals surface area contributed by atoms with Crippen molar-refractivity contribution in [1.82, 2.24) is 9.78 Å². The molecule has 1 N–H and O–H groups in total. The van der Waals surface area contributed by atoms with Gasteiger partial charge in [0, 0.05) is 6.42 Å². The highest BCUT2D eigenvalue weighted by Gasteiger charge is 2.22. The highest BCUT2D eigenvalue weighted by molar-refractivity contribution is 5.89. The third kappa shape index (κ3) is 2.70. The van der Waals surface area contributed by atoms with Gasteiger partial charge in [0.2, 0.25) is 5.95 Å². The average Bonchev–Trinajstić information content (AvgIpc) is 2.45. The zero-order chi connectivity index (χ0) is 11.4. The van der Waals surface area contributed by atoms with Gasteiger partial charge in [0.15, 0.2) is 0 Å². The van der Waals surface area contributed by atoms with Crippen molar-refractivity contribution in [3.05, 3.63) is 42.5 Å². The molecule has 0 spiro atoms. The van der Waals surface area contributed by atoms with Crippen LogP contribution in [-0.2, 0) is 13.0 Å². The monoisotopic (exact) mass is 246 g/mol. The molecule has 0 unspecified atom stereocenters.